The summed E-state index contributed by atoms with van der Waals surface area (Å²) in [5.74, 6) is 1.19. The van der Waals surface area contributed by atoms with E-state index in [1.54, 1.807) is 31.4 Å². The second kappa shape index (κ2) is 10.6. The maximum atomic E-state index is 11.7. The smallest absolute Gasteiger partial charge is 0.341 e. The van der Waals surface area contributed by atoms with Gasteiger partial charge in [0.05, 0.1) is 13.7 Å². The predicted molar refractivity (Wildman–Crippen MR) is 125 cm³/mol. The van der Waals surface area contributed by atoms with Gasteiger partial charge in [-0.3, -0.25) is 4.99 Å². The van der Waals surface area contributed by atoms with Crippen molar-refractivity contribution in [2.24, 2.45) is 4.99 Å². The number of methoxy groups -OCH3 is 1. The summed E-state index contributed by atoms with van der Waals surface area (Å²) in [6, 6.07) is 11.7. The first kappa shape index (κ1) is 23.2. The average Bonchev–Trinajstić information content (AvgIpc) is 3.30. The summed E-state index contributed by atoms with van der Waals surface area (Å²) in [6.45, 7) is 2.37. The number of guanidine groups is 1. The molecular weight excluding hydrogens is 505 g/mol. The fourth-order valence-electron chi connectivity index (χ4n) is 2.80. The van der Waals surface area contributed by atoms with Crippen LogP contribution in [0.5, 0.6) is 0 Å². The van der Waals surface area contributed by atoms with Crippen molar-refractivity contribution in [2.75, 3.05) is 20.7 Å². The molecule has 0 aliphatic carbocycles. The van der Waals surface area contributed by atoms with E-state index in [1.165, 1.54) is 7.11 Å². The second-order valence-electron chi connectivity index (χ2n) is 6.18. The van der Waals surface area contributed by atoms with E-state index in [0.29, 0.717) is 36.1 Å². The molecule has 0 aliphatic rings. The monoisotopic (exact) mass is 529 g/mol. The summed E-state index contributed by atoms with van der Waals surface area (Å²) >= 11 is 1.57. The molecule has 0 radical (unpaired) electrons. The Hall–Kier alpha value is -2.11. The number of rotatable bonds is 6. The fraction of sp³-hybridized carbons (Fsp3) is 0.300. The zero-order chi connectivity index (χ0) is 20.1. The van der Waals surface area contributed by atoms with Gasteiger partial charge in [0.1, 0.15) is 23.2 Å². The van der Waals surface area contributed by atoms with Crippen LogP contribution in [0.4, 0.5) is 0 Å². The van der Waals surface area contributed by atoms with Crippen LogP contribution in [-0.2, 0) is 11.3 Å². The topological polar surface area (TPSA) is 96.1 Å². The summed E-state index contributed by atoms with van der Waals surface area (Å²) in [6.07, 6.45) is -0.646. The maximum Gasteiger partial charge on any atom is 0.341 e. The van der Waals surface area contributed by atoms with Crippen molar-refractivity contribution in [2.45, 2.75) is 19.6 Å². The molecule has 0 bridgehead atoms. The van der Waals surface area contributed by atoms with Gasteiger partial charge < -0.3 is 24.9 Å². The van der Waals surface area contributed by atoms with Crippen LogP contribution >= 0.6 is 35.3 Å². The molecule has 1 atom stereocenters. The summed E-state index contributed by atoms with van der Waals surface area (Å²) < 4.78 is 11.4. The number of aliphatic hydroxyl groups is 1. The van der Waals surface area contributed by atoms with Crippen LogP contribution < -0.4 is 10.6 Å². The number of aryl methyl sites for hydroxylation is 1. The lowest BCUT2D eigenvalue weighted by atomic mass is 10.2. The normalized spacial score (nSPS) is 12.3. The lowest BCUT2D eigenvalue weighted by Crippen LogP contribution is -2.38. The molecule has 7 nitrogen and oxygen atoms in total. The minimum atomic E-state index is -0.646. The highest BCUT2D eigenvalue weighted by Crippen LogP contribution is 2.29. The molecule has 156 valence electrons. The molecule has 0 aliphatic heterocycles. The van der Waals surface area contributed by atoms with Crippen molar-refractivity contribution >= 4 is 57.3 Å². The van der Waals surface area contributed by atoms with E-state index >= 15 is 0 Å². The molecule has 3 aromatic rings. The van der Waals surface area contributed by atoms with Crippen LogP contribution in [0.15, 0.2) is 45.8 Å². The molecule has 0 saturated carbocycles. The number of fused-ring (bicyclic) bond motifs is 1. The molecule has 1 unspecified atom stereocenters. The Morgan fingerprint density at radius 2 is 2.07 bits per heavy atom. The van der Waals surface area contributed by atoms with E-state index in [9.17, 15) is 9.90 Å². The Balaban J connectivity index is 0.00000300. The predicted octanol–water partition coefficient (Wildman–Crippen LogP) is 3.61. The second-order valence-corrected chi connectivity index (χ2v) is 7.30. The number of hydrogen-bond donors (Lipinski definition) is 3. The largest absolute Gasteiger partial charge is 0.465 e. The van der Waals surface area contributed by atoms with Crippen LogP contribution in [0.1, 0.15) is 32.9 Å². The number of nitrogens with one attached hydrogen (secondary N) is 2. The van der Waals surface area contributed by atoms with Crippen molar-refractivity contribution in [3.8, 4) is 0 Å². The van der Waals surface area contributed by atoms with Crippen molar-refractivity contribution in [1.29, 1.82) is 0 Å². The number of carbonyl (C=O) groups is 1. The standard InChI is InChI=1S/C20H23N3O4S.HI/c1-12-15(19(25)26-3)9-14(27-12)10-22-20(21-2)23-11-16(24)18-8-13-6-4-5-7-17(13)28-18;/h4-9,16,24H,10-11H2,1-3H3,(H2,21,22,23);1H. The van der Waals surface area contributed by atoms with Gasteiger partial charge in [0.15, 0.2) is 5.96 Å². The number of esters is 1. The number of aliphatic hydroxyl groups excluding tert-OH is 1. The van der Waals surface area contributed by atoms with E-state index in [2.05, 4.69) is 15.6 Å². The number of nitrogens with zero attached hydrogens (tertiary/aromatic N) is 1. The van der Waals surface area contributed by atoms with Crippen molar-refractivity contribution in [1.82, 2.24) is 10.6 Å². The zero-order valence-corrected chi connectivity index (χ0v) is 19.5. The number of ether oxygens (including phenoxy) is 1. The van der Waals surface area contributed by atoms with Crippen molar-refractivity contribution < 1.29 is 19.1 Å². The SMILES string of the molecule is CN=C(NCc1cc(C(=O)OC)c(C)o1)NCC(O)c1cc2ccccc2s1.I. The van der Waals surface area contributed by atoms with E-state index in [-0.39, 0.29) is 24.0 Å². The summed E-state index contributed by atoms with van der Waals surface area (Å²) in [5.41, 5.74) is 0.405. The molecule has 3 N–H and O–H groups in total. The minimum absolute atomic E-state index is 0. The van der Waals surface area contributed by atoms with E-state index in [4.69, 9.17) is 9.15 Å². The van der Waals surface area contributed by atoms with Gasteiger partial charge in [0.25, 0.3) is 0 Å². The highest BCUT2D eigenvalue weighted by molar-refractivity contribution is 14.0. The highest BCUT2D eigenvalue weighted by Gasteiger charge is 2.16. The van der Waals surface area contributed by atoms with Gasteiger partial charge in [-0.1, -0.05) is 18.2 Å². The molecule has 0 saturated heterocycles. The Morgan fingerprint density at radius 3 is 2.76 bits per heavy atom. The van der Waals surface area contributed by atoms with Gasteiger partial charge >= 0.3 is 5.97 Å². The molecule has 9 heteroatoms. The van der Waals surface area contributed by atoms with Crippen LogP contribution in [-0.4, -0.2) is 37.7 Å². The molecule has 0 fully saturated rings. The Labute approximate surface area is 190 Å². The molecule has 3 rings (SSSR count). The average molecular weight is 529 g/mol. The fourth-order valence-corrected chi connectivity index (χ4v) is 3.85. The lowest BCUT2D eigenvalue weighted by Gasteiger charge is -2.14. The van der Waals surface area contributed by atoms with Gasteiger partial charge in [-0.25, -0.2) is 4.79 Å². The minimum Gasteiger partial charge on any atom is -0.465 e. The first-order valence-corrected chi connectivity index (χ1v) is 9.62. The molecule has 2 aromatic heterocycles. The number of carbonyl (C=O) groups excluding carboxylic acids is 1. The molecular formula is C20H24IN3O4S. The van der Waals surface area contributed by atoms with Crippen molar-refractivity contribution in [3.63, 3.8) is 0 Å². The van der Waals surface area contributed by atoms with E-state index < -0.39 is 12.1 Å². The van der Waals surface area contributed by atoms with Crippen LogP contribution in [0.2, 0.25) is 0 Å². The van der Waals surface area contributed by atoms with Gasteiger partial charge in [0.2, 0.25) is 0 Å². The Morgan fingerprint density at radius 1 is 1.31 bits per heavy atom. The summed E-state index contributed by atoms with van der Waals surface area (Å²) in [5, 5.41) is 17.8. The molecule has 1 aromatic carbocycles. The summed E-state index contributed by atoms with van der Waals surface area (Å²) in [4.78, 5) is 16.7. The quantitative estimate of drug-likeness (QED) is 0.196. The third-order valence-corrected chi connectivity index (χ3v) is 5.48. The molecule has 2 heterocycles. The number of halogens is 1. The maximum absolute atomic E-state index is 11.7. The summed E-state index contributed by atoms with van der Waals surface area (Å²) in [7, 11) is 2.98. The number of benzene rings is 1. The van der Waals surface area contributed by atoms with Gasteiger partial charge in [-0.2, -0.15) is 0 Å². The zero-order valence-electron chi connectivity index (χ0n) is 16.4. The number of thiophene rings is 1. The Kier molecular flexibility index (Phi) is 8.47. The number of aliphatic imine (C=N–C) groups is 1. The van der Waals surface area contributed by atoms with Crippen molar-refractivity contribution in [3.05, 3.63) is 58.4 Å². The van der Waals surface area contributed by atoms with Gasteiger partial charge in [-0.15, -0.1) is 35.3 Å². The van der Waals surface area contributed by atoms with E-state index in [1.807, 2.05) is 30.3 Å². The van der Waals surface area contributed by atoms with Crippen LogP contribution in [0.3, 0.4) is 0 Å². The van der Waals surface area contributed by atoms with Crippen LogP contribution in [0.25, 0.3) is 10.1 Å². The Bertz CT molecular complexity index is 966. The van der Waals surface area contributed by atoms with E-state index in [0.717, 1.165) is 15.0 Å². The highest BCUT2D eigenvalue weighted by atomic mass is 127. The third kappa shape index (κ3) is 5.71. The number of hydrogen-bond acceptors (Lipinski definition) is 6. The molecule has 29 heavy (non-hydrogen) atoms. The van der Waals surface area contributed by atoms with Gasteiger partial charge in [-0.05, 0) is 30.5 Å². The lowest BCUT2D eigenvalue weighted by molar-refractivity contribution is 0.0599. The van der Waals surface area contributed by atoms with Gasteiger partial charge in [0, 0.05) is 23.2 Å². The third-order valence-electron chi connectivity index (χ3n) is 4.26. The molecule has 0 spiro atoms. The molecule has 0 amide bonds. The van der Waals surface area contributed by atoms with Crippen LogP contribution in [0, 0.1) is 6.92 Å². The first-order chi connectivity index (χ1) is 13.5. The first-order valence-electron chi connectivity index (χ1n) is 8.80. The number of furan rings is 1.